The third-order valence-corrected chi connectivity index (χ3v) is 5.95. The molecule has 0 aromatic carbocycles. The molecule has 132 valence electrons. The number of hydrogen-bond acceptors (Lipinski definition) is 4. The highest BCUT2D eigenvalue weighted by atomic mass is 16.1. The summed E-state index contributed by atoms with van der Waals surface area (Å²) in [6.45, 7) is 4.52. The summed E-state index contributed by atoms with van der Waals surface area (Å²) in [7, 11) is 0. The zero-order valence-corrected chi connectivity index (χ0v) is 14.7. The van der Waals surface area contributed by atoms with Crippen molar-refractivity contribution < 1.29 is 4.79 Å². The van der Waals surface area contributed by atoms with Crippen LogP contribution >= 0.6 is 0 Å². The second-order valence-corrected chi connectivity index (χ2v) is 7.75. The van der Waals surface area contributed by atoms with Gasteiger partial charge >= 0.3 is 0 Å². The van der Waals surface area contributed by atoms with Gasteiger partial charge in [-0.3, -0.25) is 9.69 Å². The first kappa shape index (κ1) is 16.1. The lowest BCUT2D eigenvalue weighted by molar-refractivity contribution is -0.124. The average molecular weight is 331 g/mol. The lowest BCUT2D eigenvalue weighted by Crippen LogP contribution is -2.37. The first-order valence-electron chi connectivity index (χ1n) is 9.64. The predicted molar refractivity (Wildman–Crippen MR) is 91.4 cm³/mol. The number of rotatable bonds is 5. The third kappa shape index (κ3) is 3.34. The molecule has 1 aliphatic heterocycles. The van der Waals surface area contributed by atoms with Crippen LogP contribution in [0.1, 0.15) is 69.1 Å². The van der Waals surface area contributed by atoms with Crippen molar-refractivity contribution in [2.24, 2.45) is 5.92 Å². The highest BCUT2D eigenvalue weighted by Gasteiger charge is 2.33. The Hall–Kier alpha value is -1.43. The number of carbonyl (C=O) groups excluding carboxylic acids is 1. The van der Waals surface area contributed by atoms with E-state index in [2.05, 4.69) is 25.0 Å². The number of likely N-dealkylation sites (tertiary alicyclic amines) is 1. The molecule has 1 atom stereocenters. The van der Waals surface area contributed by atoms with E-state index in [1.54, 1.807) is 0 Å². The second kappa shape index (κ2) is 6.82. The molecule has 4 rings (SSSR count). The second-order valence-electron chi connectivity index (χ2n) is 7.75. The van der Waals surface area contributed by atoms with Crippen molar-refractivity contribution in [1.29, 1.82) is 0 Å². The van der Waals surface area contributed by atoms with Crippen molar-refractivity contribution in [3.63, 3.8) is 0 Å². The molecule has 1 aromatic heterocycles. The Bertz CT molecular complexity index is 588. The molecule has 1 N–H and O–H groups in total. The Balaban J connectivity index is 1.29. The van der Waals surface area contributed by atoms with Crippen LogP contribution in [0, 0.1) is 12.8 Å². The fourth-order valence-electron chi connectivity index (χ4n) is 4.43. The van der Waals surface area contributed by atoms with Gasteiger partial charge in [0.15, 0.2) is 5.82 Å². The molecule has 0 spiro atoms. The largest absolute Gasteiger partial charge is 0.349 e. The van der Waals surface area contributed by atoms with Gasteiger partial charge in [-0.2, -0.15) is 0 Å². The van der Waals surface area contributed by atoms with Gasteiger partial charge in [-0.25, -0.2) is 0 Å². The smallest absolute Gasteiger partial charge is 0.224 e. The van der Waals surface area contributed by atoms with Gasteiger partial charge < -0.3 is 9.88 Å². The fourth-order valence-corrected chi connectivity index (χ4v) is 4.43. The number of nitrogens with one attached hydrogen (secondary N) is 1. The molecule has 2 aliphatic carbocycles. The van der Waals surface area contributed by atoms with Crippen molar-refractivity contribution in [2.45, 2.75) is 76.9 Å². The number of aromatic nitrogens is 3. The Morgan fingerprint density at radius 2 is 1.88 bits per heavy atom. The molecular formula is C18H29N5O. The van der Waals surface area contributed by atoms with E-state index in [1.165, 1.54) is 44.9 Å². The molecule has 6 nitrogen and oxygen atoms in total. The molecule has 3 fully saturated rings. The summed E-state index contributed by atoms with van der Waals surface area (Å²) in [6.07, 6.45) is 10.1. The molecule has 2 heterocycles. The van der Waals surface area contributed by atoms with Gasteiger partial charge in [0.1, 0.15) is 5.82 Å². The van der Waals surface area contributed by atoms with Gasteiger partial charge in [0.05, 0.1) is 12.5 Å². The van der Waals surface area contributed by atoms with Crippen LogP contribution in [0.15, 0.2) is 0 Å². The lowest BCUT2D eigenvalue weighted by atomic mass is 9.94. The average Bonchev–Trinajstić information content (AvgIpc) is 3.19. The zero-order valence-electron chi connectivity index (χ0n) is 14.7. The van der Waals surface area contributed by atoms with E-state index in [9.17, 15) is 4.79 Å². The van der Waals surface area contributed by atoms with E-state index in [1.807, 2.05) is 6.92 Å². The molecule has 1 saturated heterocycles. The first-order valence-corrected chi connectivity index (χ1v) is 9.64. The number of carbonyl (C=O) groups is 1. The third-order valence-electron chi connectivity index (χ3n) is 5.95. The monoisotopic (exact) mass is 331 g/mol. The standard InChI is InChI=1S/C18H29N5O/c1-13-20-21-17(23(13)16-7-8-16)11-19-18(24)14-9-10-22(12-14)15-5-3-2-4-6-15/h14-16H,2-12H2,1H3,(H,19,24)/t14-/m0/s1. The minimum Gasteiger partial charge on any atom is -0.349 e. The maximum absolute atomic E-state index is 12.6. The summed E-state index contributed by atoms with van der Waals surface area (Å²) in [4.78, 5) is 15.1. The van der Waals surface area contributed by atoms with E-state index in [4.69, 9.17) is 0 Å². The predicted octanol–water partition coefficient (Wildman–Crippen LogP) is 2.19. The van der Waals surface area contributed by atoms with Gasteiger partial charge in [-0.15, -0.1) is 10.2 Å². The zero-order chi connectivity index (χ0) is 16.5. The molecule has 6 heteroatoms. The van der Waals surface area contributed by atoms with E-state index >= 15 is 0 Å². The number of amides is 1. The molecule has 1 aromatic rings. The molecule has 0 bridgehead atoms. The number of aryl methyl sites for hydroxylation is 1. The van der Waals surface area contributed by atoms with Crippen LogP contribution in [-0.2, 0) is 11.3 Å². The van der Waals surface area contributed by atoms with Crippen LogP contribution in [-0.4, -0.2) is 44.7 Å². The van der Waals surface area contributed by atoms with Crippen LogP contribution in [0.25, 0.3) is 0 Å². The summed E-state index contributed by atoms with van der Waals surface area (Å²) >= 11 is 0. The van der Waals surface area contributed by atoms with Crippen LogP contribution in [0.5, 0.6) is 0 Å². The molecule has 3 aliphatic rings. The van der Waals surface area contributed by atoms with Crippen LogP contribution in [0.2, 0.25) is 0 Å². The van der Waals surface area contributed by atoms with E-state index < -0.39 is 0 Å². The van der Waals surface area contributed by atoms with Crippen LogP contribution in [0.4, 0.5) is 0 Å². The Morgan fingerprint density at radius 1 is 1.08 bits per heavy atom. The molecule has 0 unspecified atom stereocenters. The maximum Gasteiger partial charge on any atom is 0.224 e. The van der Waals surface area contributed by atoms with Crippen molar-refractivity contribution in [3.8, 4) is 0 Å². The lowest BCUT2D eigenvalue weighted by Gasteiger charge is -2.30. The van der Waals surface area contributed by atoms with Crippen molar-refractivity contribution in [2.75, 3.05) is 13.1 Å². The van der Waals surface area contributed by atoms with Crippen molar-refractivity contribution in [1.82, 2.24) is 25.0 Å². The number of hydrogen-bond donors (Lipinski definition) is 1. The molecular weight excluding hydrogens is 302 g/mol. The molecule has 0 radical (unpaired) electrons. The van der Waals surface area contributed by atoms with Crippen LogP contribution < -0.4 is 5.32 Å². The highest BCUT2D eigenvalue weighted by molar-refractivity contribution is 5.79. The summed E-state index contributed by atoms with van der Waals surface area (Å²) in [6, 6.07) is 1.28. The maximum atomic E-state index is 12.6. The van der Waals surface area contributed by atoms with E-state index in [0.717, 1.165) is 37.2 Å². The summed E-state index contributed by atoms with van der Waals surface area (Å²) < 4.78 is 2.20. The minimum atomic E-state index is 0.144. The van der Waals surface area contributed by atoms with Crippen molar-refractivity contribution >= 4 is 5.91 Å². The van der Waals surface area contributed by atoms with Crippen LogP contribution in [0.3, 0.4) is 0 Å². The summed E-state index contributed by atoms with van der Waals surface area (Å²) in [5.41, 5.74) is 0. The normalized spacial score (nSPS) is 26.0. The Labute approximate surface area is 144 Å². The Morgan fingerprint density at radius 3 is 2.62 bits per heavy atom. The number of nitrogens with zero attached hydrogens (tertiary/aromatic N) is 4. The minimum absolute atomic E-state index is 0.144. The van der Waals surface area contributed by atoms with Gasteiger partial charge in [-0.05, 0) is 45.6 Å². The summed E-state index contributed by atoms with van der Waals surface area (Å²) in [5, 5.41) is 11.5. The molecule has 1 amide bonds. The Kier molecular flexibility index (Phi) is 4.57. The fraction of sp³-hybridized carbons (Fsp3) is 0.833. The SMILES string of the molecule is Cc1nnc(CNC(=O)[C@H]2CCN(C3CCCCC3)C2)n1C1CC1. The highest BCUT2D eigenvalue weighted by Crippen LogP contribution is 2.36. The van der Waals surface area contributed by atoms with Gasteiger partial charge in [0.25, 0.3) is 0 Å². The topological polar surface area (TPSA) is 63.1 Å². The first-order chi connectivity index (χ1) is 11.7. The summed E-state index contributed by atoms with van der Waals surface area (Å²) in [5.74, 6) is 2.21. The van der Waals surface area contributed by atoms with Gasteiger partial charge in [0, 0.05) is 18.6 Å². The molecule has 24 heavy (non-hydrogen) atoms. The van der Waals surface area contributed by atoms with E-state index in [-0.39, 0.29) is 11.8 Å². The van der Waals surface area contributed by atoms with Gasteiger partial charge in [-0.1, -0.05) is 19.3 Å². The van der Waals surface area contributed by atoms with Gasteiger partial charge in [0.2, 0.25) is 5.91 Å². The van der Waals surface area contributed by atoms with E-state index in [0.29, 0.717) is 12.6 Å². The quantitative estimate of drug-likeness (QED) is 0.898. The molecule has 2 saturated carbocycles. The van der Waals surface area contributed by atoms with Crippen molar-refractivity contribution in [3.05, 3.63) is 11.6 Å².